The van der Waals surface area contributed by atoms with Gasteiger partial charge >= 0.3 is 0 Å². The molecule has 39 heavy (non-hydrogen) atoms. The van der Waals surface area contributed by atoms with Crippen LogP contribution in [0.3, 0.4) is 0 Å². The molecular weight excluding hydrogens is 496 g/mol. The molecule has 6 aromatic carbocycles. The fourth-order valence-electron chi connectivity index (χ4n) is 5.77. The molecule has 7 heteroatoms. The van der Waals surface area contributed by atoms with E-state index in [0.717, 1.165) is 37.7 Å². The number of phenolic OH excluding ortho intramolecular Hbond substituents is 1. The average Bonchev–Trinajstić information content (AvgIpc) is 2.98. The molecule has 0 aliphatic heterocycles. The summed E-state index contributed by atoms with van der Waals surface area (Å²) in [7, 11) is 8.02. The number of benzene rings is 6. The lowest BCUT2D eigenvalue weighted by Crippen LogP contribution is -1.96. The van der Waals surface area contributed by atoms with Crippen LogP contribution in [-0.2, 0) is 0 Å². The zero-order valence-electron chi connectivity index (χ0n) is 22.2. The number of fused-ring (bicyclic) bond motifs is 9. The predicted octanol–water partition coefficient (Wildman–Crippen LogP) is 7.01. The third kappa shape index (κ3) is 3.32. The molecule has 0 aromatic heterocycles. The molecule has 7 nitrogen and oxygen atoms in total. The summed E-state index contributed by atoms with van der Waals surface area (Å²) in [6.45, 7) is 0. The molecule has 0 saturated heterocycles. The van der Waals surface area contributed by atoms with Gasteiger partial charge in [-0.2, -0.15) is 0 Å². The van der Waals surface area contributed by atoms with Crippen molar-refractivity contribution in [2.24, 2.45) is 0 Å². The lowest BCUT2D eigenvalue weighted by atomic mass is 9.88. The number of carbonyl (C=O) groups is 1. The van der Waals surface area contributed by atoms with Gasteiger partial charge in [0, 0.05) is 43.1 Å². The van der Waals surface area contributed by atoms with Crippen molar-refractivity contribution in [1.82, 2.24) is 0 Å². The molecule has 0 unspecified atom stereocenters. The summed E-state index contributed by atoms with van der Waals surface area (Å²) < 4.78 is 29.0. The lowest BCUT2D eigenvalue weighted by molar-refractivity contribution is 0.112. The van der Waals surface area contributed by atoms with E-state index in [-0.39, 0.29) is 11.3 Å². The summed E-state index contributed by atoms with van der Waals surface area (Å²) in [5.74, 6) is 2.90. The number of rotatable bonds is 6. The predicted molar refractivity (Wildman–Crippen MR) is 154 cm³/mol. The summed E-state index contributed by atoms with van der Waals surface area (Å²) in [4.78, 5) is 12.0. The fraction of sp³-hybridized carbons (Fsp3) is 0.156. The second-order valence-electron chi connectivity index (χ2n) is 9.18. The molecule has 0 saturated carbocycles. The maximum atomic E-state index is 12.0. The van der Waals surface area contributed by atoms with Crippen molar-refractivity contribution in [2.45, 2.75) is 0 Å². The Morgan fingerprint density at radius 3 is 1.54 bits per heavy atom. The maximum absolute atomic E-state index is 12.0. The van der Waals surface area contributed by atoms with Crippen LogP contribution in [0.15, 0.2) is 54.6 Å². The molecule has 0 bridgehead atoms. The van der Waals surface area contributed by atoms with Crippen molar-refractivity contribution in [2.75, 3.05) is 35.5 Å². The van der Waals surface area contributed by atoms with Gasteiger partial charge in [-0.25, -0.2) is 0 Å². The van der Waals surface area contributed by atoms with Crippen molar-refractivity contribution < 1.29 is 33.6 Å². The summed E-state index contributed by atoms with van der Waals surface area (Å²) in [6.07, 6.45) is 0.628. The van der Waals surface area contributed by atoms with E-state index in [1.807, 2.05) is 48.5 Å². The van der Waals surface area contributed by atoms with Gasteiger partial charge in [0.2, 0.25) is 0 Å². The molecule has 0 radical (unpaired) electrons. The van der Waals surface area contributed by atoms with Gasteiger partial charge in [-0.3, -0.25) is 4.79 Å². The van der Waals surface area contributed by atoms with Crippen LogP contribution in [0.5, 0.6) is 34.5 Å². The number of aldehydes is 1. The average molecular weight is 523 g/mol. The zero-order chi connectivity index (χ0) is 27.4. The van der Waals surface area contributed by atoms with Gasteiger partial charge in [0.1, 0.15) is 34.5 Å². The van der Waals surface area contributed by atoms with Gasteiger partial charge < -0.3 is 28.8 Å². The highest BCUT2D eigenvalue weighted by atomic mass is 16.5. The van der Waals surface area contributed by atoms with E-state index in [9.17, 15) is 9.90 Å². The highest BCUT2D eigenvalue weighted by Gasteiger charge is 2.23. The first-order valence-corrected chi connectivity index (χ1v) is 12.3. The summed E-state index contributed by atoms with van der Waals surface area (Å²) in [6, 6.07) is 17.0. The fourth-order valence-corrected chi connectivity index (χ4v) is 5.77. The molecule has 0 fully saturated rings. The van der Waals surface area contributed by atoms with Gasteiger partial charge in [-0.1, -0.05) is 12.1 Å². The van der Waals surface area contributed by atoms with Crippen molar-refractivity contribution in [1.29, 1.82) is 0 Å². The van der Waals surface area contributed by atoms with Gasteiger partial charge in [-0.15, -0.1) is 0 Å². The number of ether oxygens (including phenoxy) is 5. The highest BCUT2D eigenvalue weighted by Crippen LogP contribution is 2.50. The molecule has 196 valence electrons. The minimum absolute atomic E-state index is 0.129. The number of aromatic hydroxyl groups is 1. The van der Waals surface area contributed by atoms with E-state index in [0.29, 0.717) is 51.2 Å². The van der Waals surface area contributed by atoms with Crippen LogP contribution in [0.4, 0.5) is 0 Å². The maximum Gasteiger partial charge on any atom is 0.153 e. The SMILES string of the molecule is COc1ccc(OC)c2c1cc(OC)c1ccc3ccc4c(OC)cc5c(OC)cc(C=O)c(O)c5c4c3c12. The minimum Gasteiger partial charge on any atom is -0.507 e. The van der Waals surface area contributed by atoms with E-state index in [1.165, 1.54) is 13.2 Å². The van der Waals surface area contributed by atoms with Crippen molar-refractivity contribution >= 4 is 60.1 Å². The van der Waals surface area contributed by atoms with Crippen molar-refractivity contribution in [3.8, 4) is 34.5 Å². The van der Waals surface area contributed by atoms with Crippen LogP contribution < -0.4 is 23.7 Å². The molecule has 1 N–H and O–H groups in total. The molecule has 0 atom stereocenters. The van der Waals surface area contributed by atoms with Gasteiger partial charge in [-0.05, 0) is 53.2 Å². The monoisotopic (exact) mass is 522 g/mol. The third-order valence-electron chi connectivity index (χ3n) is 7.49. The molecule has 0 aliphatic rings. The number of carbonyl (C=O) groups excluding carboxylic acids is 1. The number of phenols is 1. The van der Waals surface area contributed by atoms with Crippen LogP contribution in [-0.4, -0.2) is 46.9 Å². The van der Waals surface area contributed by atoms with Gasteiger partial charge in [0.05, 0.1) is 41.1 Å². The van der Waals surface area contributed by atoms with E-state index in [1.54, 1.807) is 28.4 Å². The molecular formula is C32H26O7. The molecule has 0 spiro atoms. The van der Waals surface area contributed by atoms with Crippen LogP contribution in [0.25, 0.3) is 53.9 Å². The van der Waals surface area contributed by atoms with Crippen LogP contribution in [0, 0.1) is 0 Å². The first-order valence-electron chi connectivity index (χ1n) is 12.3. The topological polar surface area (TPSA) is 83.5 Å². The van der Waals surface area contributed by atoms with Crippen molar-refractivity contribution in [3.63, 3.8) is 0 Å². The Hall–Kier alpha value is -4.91. The second kappa shape index (κ2) is 9.13. The third-order valence-corrected chi connectivity index (χ3v) is 7.49. The first-order chi connectivity index (χ1) is 19.0. The summed E-state index contributed by atoms with van der Waals surface area (Å²) >= 11 is 0. The normalized spacial score (nSPS) is 11.4. The Morgan fingerprint density at radius 1 is 0.513 bits per heavy atom. The van der Waals surface area contributed by atoms with E-state index in [2.05, 4.69) is 0 Å². The summed E-state index contributed by atoms with van der Waals surface area (Å²) in [5.41, 5.74) is 0.129. The molecule has 0 heterocycles. The first kappa shape index (κ1) is 24.4. The number of hydrogen-bond acceptors (Lipinski definition) is 7. The second-order valence-corrected chi connectivity index (χ2v) is 9.18. The smallest absolute Gasteiger partial charge is 0.153 e. The van der Waals surface area contributed by atoms with Gasteiger partial charge in [0.25, 0.3) is 0 Å². The Labute approximate surface area is 224 Å². The van der Waals surface area contributed by atoms with E-state index in [4.69, 9.17) is 23.7 Å². The van der Waals surface area contributed by atoms with E-state index >= 15 is 0 Å². The Bertz CT molecular complexity index is 1970. The Balaban J connectivity index is 2.06. The molecule has 0 amide bonds. The molecule has 6 aromatic rings. The summed E-state index contributed by atoms with van der Waals surface area (Å²) in [5, 5.41) is 19.2. The lowest BCUT2D eigenvalue weighted by Gasteiger charge is -2.20. The number of hydrogen-bond donors (Lipinski definition) is 1. The van der Waals surface area contributed by atoms with Crippen LogP contribution in [0.2, 0.25) is 0 Å². The Morgan fingerprint density at radius 2 is 1.00 bits per heavy atom. The van der Waals surface area contributed by atoms with Crippen molar-refractivity contribution in [3.05, 3.63) is 60.2 Å². The largest absolute Gasteiger partial charge is 0.507 e. The highest BCUT2D eigenvalue weighted by molar-refractivity contribution is 6.35. The standard InChI is InChI=1S/C32H26O7/c1-35-22-10-11-23(36-2)28-20(22)13-25(38-4)18-8-6-16-7-9-19-26(39-5)14-21-24(37-3)12-17(15-33)32(34)31(21)30(19)27(16)29(18)28/h6-15,34H,1-5H3. The molecule has 0 aliphatic carbocycles. The van der Waals surface area contributed by atoms with Gasteiger partial charge in [0.15, 0.2) is 6.29 Å². The zero-order valence-corrected chi connectivity index (χ0v) is 22.2. The van der Waals surface area contributed by atoms with Crippen LogP contribution in [0.1, 0.15) is 10.4 Å². The quantitative estimate of drug-likeness (QED) is 0.186. The Kier molecular flexibility index (Phi) is 5.72. The van der Waals surface area contributed by atoms with E-state index < -0.39 is 0 Å². The molecule has 6 rings (SSSR count). The van der Waals surface area contributed by atoms with Crippen LogP contribution >= 0.6 is 0 Å². The minimum atomic E-state index is -0.130. The number of methoxy groups -OCH3 is 5.